The van der Waals surface area contributed by atoms with Crippen molar-refractivity contribution in [2.24, 2.45) is 0 Å². The van der Waals surface area contributed by atoms with Crippen LogP contribution in [0.3, 0.4) is 0 Å². The van der Waals surface area contributed by atoms with Crippen LogP contribution in [0.1, 0.15) is 45.5 Å². The van der Waals surface area contributed by atoms with Gasteiger partial charge in [0, 0.05) is 30.7 Å². The van der Waals surface area contributed by atoms with E-state index < -0.39 is 10.0 Å². The predicted octanol–water partition coefficient (Wildman–Crippen LogP) is 4.75. The third kappa shape index (κ3) is 5.79. The van der Waals surface area contributed by atoms with Gasteiger partial charge in [0.25, 0.3) is 5.91 Å². The molecule has 0 saturated carbocycles. The van der Waals surface area contributed by atoms with Crippen LogP contribution in [-0.2, 0) is 26.7 Å². The third-order valence-corrected chi connectivity index (χ3v) is 8.17. The molecule has 1 aliphatic heterocycles. The maximum Gasteiger partial charge on any atom is 0.251 e. The number of anilines is 1. The van der Waals surface area contributed by atoms with E-state index in [1.54, 1.807) is 12.1 Å². The number of nitrogens with one attached hydrogen (secondary N) is 1. The lowest BCUT2D eigenvalue weighted by Gasteiger charge is -2.38. The second-order valence-electron chi connectivity index (χ2n) is 9.65. The molecule has 0 atom stereocenters. The highest BCUT2D eigenvalue weighted by Crippen LogP contribution is 2.34. The van der Waals surface area contributed by atoms with Crippen LogP contribution < -0.4 is 9.62 Å². The Hall–Kier alpha value is -3.16. The predicted molar refractivity (Wildman–Crippen MR) is 144 cm³/mol. The third-order valence-electron chi connectivity index (χ3n) is 7.05. The normalized spacial score (nSPS) is 15.3. The van der Waals surface area contributed by atoms with E-state index in [1.165, 1.54) is 16.1 Å². The zero-order valence-electron chi connectivity index (χ0n) is 21.2. The fourth-order valence-electron chi connectivity index (χ4n) is 4.96. The summed E-state index contributed by atoms with van der Waals surface area (Å²) in [7, 11) is -3.50. The van der Waals surface area contributed by atoms with Crippen LogP contribution in [0.4, 0.5) is 5.69 Å². The number of benzene rings is 3. The lowest BCUT2D eigenvalue weighted by molar-refractivity contribution is 0.0487. The molecule has 1 saturated heterocycles. The molecule has 1 aliphatic rings. The van der Waals surface area contributed by atoms with Crippen molar-refractivity contribution in [3.63, 3.8) is 0 Å². The summed E-state index contributed by atoms with van der Waals surface area (Å²) < 4.78 is 32.3. The molecule has 4 rings (SSSR count). The zero-order chi connectivity index (χ0) is 25.8. The van der Waals surface area contributed by atoms with Crippen molar-refractivity contribution >= 4 is 21.6 Å². The first-order valence-corrected chi connectivity index (χ1v) is 14.1. The Morgan fingerprint density at radius 1 is 0.917 bits per heavy atom. The zero-order valence-corrected chi connectivity index (χ0v) is 22.0. The average molecular weight is 507 g/mol. The molecule has 0 bridgehead atoms. The van der Waals surface area contributed by atoms with Crippen LogP contribution in [0.15, 0.2) is 72.8 Å². The molecule has 7 heteroatoms. The molecular weight excluding hydrogens is 472 g/mol. The van der Waals surface area contributed by atoms with Gasteiger partial charge in [-0.15, -0.1) is 0 Å². The average Bonchev–Trinajstić information content (AvgIpc) is 2.87. The van der Waals surface area contributed by atoms with E-state index in [-0.39, 0.29) is 17.9 Å². The largest absolute Gasteiger partial charge is 0.381 e. The van der Waals surface area contributed by atoms with Gasteiger partial charge in [-0.05, 0) is 61.1 Å². The van der Waals surface area contributed by atoms with Crippen LogP contribution in [0.2, 0.25) is 0 Å². The van der Waals surface area contributed by atoms with Gasteiger partial charge in [0.1, 0.15) is 0 Å². The molecule has 0 radical (unpaired) electrons. The van der Waals surface area contributed by atoms with Gasteiger partial charge < -0.3 is 10.1 Å². The topological polar surface area (TPSA) is 75.7 Å². The number of sulfonamides is 1. The molecule has 36 heavy (non-hydrogen) atoms. The fourth-order valence-corrected chi connectivity index (χ4v) is 5.96. The van der Waals surface area contributed by atoms with Gasteiger partial charge in [-0.25, -0.2) is 8.42 Å². The number of hydrogen-bond donors (Lipinski definition) is 1. The van der Waals surface area contributed by atoms with Crippen LogP contribution in [-0.4, -0.2) is 40.3 Å². The van der Waals surface area contributed by atoms with Gasteiger partial charge in [0.2, 0.25) is 10.0 Å². The van der Waals surface area contributed by atoms with Gasteiger partial charge in [-0.2, -0.15) is 0 Å². The Morgan fingerprint density at radius 2 is 1.53 bits per heavy atom. The minimum Gasteiger partial charge on any atom is -0.381 e. The van der Waals surface area contributed by atoms with Crippen LogP contribution in [0.25, 0.3) is 0 Å². The standard InChI is InChI=1S/C29H34N2O4S/c1-22-8-7-9-23(2)27(22)31(36(3,33)34)20-24-12-14-25(15-13-24)28(32)30-21-29(16-18-35-19-17-29)26-10-5-4-6-11-26/h4-15H,16-21H2,1-3H3,(H,30,32). The summed E-state index contributed by atoms with van der Waals surface area (Å²) in [5, 5.41) is 3.13. The molecule has 190 valence electrons. The lowest BCUT2D eigenvalue weighted by Crippen LogP contribution is -2.44. The minimum atomic E-state index is -3.50. The maximum atomic E-state index is 13.0. The van der Waals surface area contributed by atoms with Gasteiger partial charge in [0.15, 0.2) is 0 Å². The molecule has 0 unspecified atom stereocenters. The molecule has 3 aromatic rings. The first-order chi connectivity index (χ1) is 17.2. The second-order valence-corrected chi connectivity index (χ2v) is 11.6. The van der Waals surface area contributed by atoms with E-state index in [0.717, 1.165) is 29.5 Å². The lowest BCUT2D eigenvalue weighted by atomic mass is 9.74. The summed E-state index contributed by atoms with van der Waals surface area (Å²) in [5.74, 6) is -0.141. The van der Waals surface area contributed by atoms with Crippen LogP contribution in [0.5, 0.6) is 0 Å². The van der Waals surface area contributed by atoms with Gasteiger partial charge in [-0.1, -0.05) is 60.7 Å². The van der Waals surface area contributed by atoms with Crippen LogP contribution in [0, 0.1) is 13.8 Å². The summed E-state index contributed by atoms with van der Waals surface area (Å²) in [4.78, 5) is 13.0. The molecule has 1 heterocycles. The molecule has 0 spiro atoms. The van der Waals surface area contributed by atoms with Gasteiger partial charge in [0.05, 0.1) is 18.5 Å². The Kier molecular flexibility index (Phi) is 7.81. The molecule has 0 aliphatic carbocycles. The number of hydrogen-bond acceptors (Lipinski definition) is 4. The summed E-state index contributed by atoms with van der Waals surface area (Å²) >= 11 is 0. The molecule has 0 aromatic heterocycles. The van der Waals surface area contributed by atoms with Crippen molar-refractivity contribution in [1.29, 1.82) is 0 Å². The van der Waals surface area contributed by atoms with E-state index in [1.807, 2.05) is 62.4 Å². The number of carbonyl (C=O) groups excluding carboxylic acids is 1. The number of aryl methyl sites for hydroxylation is 2. The van der Waals surface area contributed by atoms with Crippen molar-refractivity contribution in [2.45, 2.75) is 38.6 Å². The number of amides is 1. The highest BCUT2D eigenvalue weighted by Gasteiger charge is 2.34. The number of rotatable bonds is 8. The van der Waals surface area contributed by atoms with E-state index in [2.05, 4.69) is 17.4 Å². The quantitative estimate of drug-likeness (QED) is 0.479. The van der Waals surface area contributed by atoms with E-state index in [4.69, 9.17) is 4.74 Å². The Morgan fingerprint density at radius 3 is 2.11 bits per heavy atom. The summed E-state index contributed by atoms with van der Waals surface area (Å²) in [6, 6.07) is 23.2. The summed E-state index contributed by atoms with van der Waals surface area (Å²) in [6.07, 6.45) is 2.94. The maximum absolute atomic E-state index is 13.0. The SMILES string of the molecule is Cc1cccc(C)c1N(Cc1ccc(C(=O)NCC2(c3ccccc3)CCOCC2)cc1)S(C)(=O)=O. The Balaban J connectivity index is 1.48. The Labute approximate surface area is 214 Å². The van der Waals surface area contributed by atoms with Crippen molar-refractivity contribution in [2.75, 3.05) is 30.3 Å². The van der Waals surface area contributed by atoms with Gasteiger partial charge >= 0.3 is 0 Å². The smallest absolute Gasteiger partial charge is 0.251 e. The first kappa shape index (κ1) is 25.9. The van der Waals surface area contributed by atoms with Crippen molar-refractivity contribution in [3.05, 3.63) is 101 Å². The molecule has 1 N–H and O–H groups in total. The van der Waals surface area contributed by atoms with Crippen LogP contribution >= 0.6 is 0 Å². The number of ether oxygens (including phenoxy) is 1. The summed E-state index contributed by atoms with van der Waals surface area (Å²) in [6.45, 7) is 5.91. The summed E-state index contributed by atoms with van der Waals surface area (Å²) in [5.41, 5.74) is 4.93. The molecule has 3 aromatic carbocycles. The van der Waals surface area contributed by atoms with Gasteiger partial charge in [-0.3, -0.25) is 9.10 Å². The Bertz CT molecular complexity index is 1280. The molecule has 6 nitrogen and oxygen atoms in total. The number of carbonyl (C=O) groups is 1. The highest BCUT2D eigenvalue weighted by molar-refractivity contribution is 7.92. The monoisotopic (exact) mass is 506 g/mol. The highest BCUT2D eigenvalue weighted by atomic mass is 32.2. The number of nitrogens with zero attached hydrogens (tertiary/aromatic N) is 1. The van der Waals surface area contributed by atoms with Crippen molar-refractivity contribution in [3.8, 4) is 0 Å². The second kappa shape index (κ2) is 10.8. The molecular formula is C29H34N2O4S. The number of para-hydroxylation sites is 1. The fraction of sp³-hybridized carbons (Fsp3) is 0.345. The van der Waals surface area contributed by atoms with E-state index in [0.29, 0.717) is 31.0 Å². The first-order valence-electron chi connectivity index (χ1n) is 12.2. The van der Waals surface area contributed by atoms with Crippen molar-refractivity contribution in [1.82, 2.24) is 5.32 Å². The van der Waals surface area contributed by atoms with Crippen molar-refractivity contribution < 1.29 is 17.9 Å². The minimum absolute atomic E-state index is 0.141. The van der Waals surface area contributed by atoms with E-state index in [9.17, 15) is 13.2 Å². The molecule has 1 fully saturated rings. The van der Waals surface area contributed by atoms with E-state index >= 15 is 0 Å². The molecule has 1 amide bonds.